The third-order valence-corrected chi connectivity index (χ3v) is 2.56. The van der Waals surface area contributed by atoms with Crippen molar-refractivity contribution >= 4 is 12.2 Å². The molecule has 0 aromatic rings. The van der Waals surface area contributed by atoms with E-state index in [1.165, 1.54) is 5.06 Å². The lowest BCUT2D eigenvalue weighted by Crippen LogP contribution is -2.38. The second-order valence-electron chi connectivity index (χ2n) is 3.43. The van der Waals surface area contributed by atoms with Crippen molar-refractivity contribution in [1.82, 2.24) is 5.06 Å². The molecule has 2 fully saturated rings. The van der Waals surface area contributed by atoms with Crippen LogP contribution in [0.3, 0.4) is 0 Å². The van der Waals surface area contributed by atoms with E-state index in [-0.39, 0.29) is 18.1 Å². The Hall–Kier alpha value is -0.900. The first-order chi connectivity index (χ1) is 5.76. The van der Waals surface area contributed by atoms with E-state index >= 15 is 0 Å². The number of rotatable bonds is 2. The van der Waals surface area contributed by atoms with Gasteiger partial charge in [0, 0.05) is 0 Å². The third-order valence-electron chi connectivity index (χ3n) is 2.56. The lowest BCUT2D eigenvalue weighted by atomic mass is 9.78. The molecule has 1 saturated carbocycles. The highest BCUT2D eigenvalue weighted by atomic mass is 16.7. The molecule has 66 valence electrons. The molecule has 4 heteroatoms. The van der Waals surface area contributed by atoms with Gasteiger partial charge in [0.1, 0.15) is 18.4 Å². The first-order valence-corrected chi connectivity index (χ1v) is 4.19. The molecule has 1 amide bonds. The minimum atomic E-state index is -0.222. The molecule has 0 radical (unpaired) electrons. The van der Waals surface area contributed by atoms with Crippen LogP contribution in [0.2, 0.25) is 0 Å². The molecule has 0 atom stereocenters. The molecular weight excluding hydrogens is 158 g/mol. The van der Waals surface area contributed by atoms with Gasteiger partial charge in [-0.25, -0.2) is 5.06 Å². The second kappa shape index (κ2) is 2.55. The molecule has 1 saturated heterocycles. The van der Waals surface area contributed by atoms with Crippen LogP contribution < -0.4 is 0 Å². The molecule has 1 spiro atoms. The molecule has 2 rings (SSSR count). The SMILES string of the molecule is O=CCN1OC2(CCC2)CC1=O. The van der Waals surface area contributed by atoms with Gasteiger partial charge in [0.2, 0.25) is 5.91 Å². The number of carbonyl (C=O) groups excluding carboxylic acids is 2. The first-order valence-electron chi connectivity index (χ1n) is 4.19. The van der Waals surface area contributed by atoms with E-state index in [4.69, 9.17) is 4.84 Å². The number of aldehydes is 1. The standard InChI is InChI=1S/C8H11NO3/c10-5-4-9-7(11)6-8(12-9)2-1-3-8/h5H,1-4,6H2. The van der Waals surface area contributed by atoms with Gasteiger partial charge in [0.25, 0.3) is 0 Å². The average molecular weight is 169 g/mol. The molecule has 1 aliphatic heterocycles. The molecule has 0 N–H and O–H groups in total. The topological polar surface area (TPSA) is 46.6 Å². The number of amides is 1. The van der Waals surface area contributed by atoms with Crippen LogP contribution in [-0.2, 0) is 14.4 Å². The Morgan fingerprint density at radius 3 is 2.75 bits per heavy atom. The summed E-state index contributed by atoms with van der Waals surface area (Å²) in [5, 5.41) is 1.19. The zero-order valence-corrected chi connectivity index (χ0v) is 6.78. The Bertz CT molecular complexity index is 222. The van der Waals surface area contributed by atoms with Crippen molar-refractivity contribution in [1.29, 1.82) is 0 Å². The zero-order valence-electron chi connectivity index (χ0n) is 6.78. The number of hydrogen-bond donors (Lipinski definition) is 0. The Kier molecular flexibility index (Phi) is 1.65. The van der Waals surface area contributed by atoms with Crippen LogP contribution in [0.15, 0.2) is 0 Å². The molecule has 0 unspecified atom stereocenters. The maximum Gasteiger partial charge on any atom is 0.249 e. The van der Waals surface area contributed by atoms with Crippen LogP contribution in [-0.4, -0.2) is 29.4 Å². The van der Waals surface area contributed by atoms with E-state index < -0.39 is 0 Å². The molecule has 0 bridgehead atoms. The maximum absolute atomic E-state index is 11.2. The van der Waals surface area contributed by atoms with Crippen molar-refractivity contribution < 1.29 is 14.4 Å². The number of hydroxylamine groups is 2. The van der Waals surface area contributed by atoms with E-state index in [1.54, 1.807) is 0 Å². The van der Waals surface area contributed by atoms with Gasteiger partial charge < -0.3 is 4.79 Å². The third kappa shape index (κ3) is 1.03. The fraction of sp³-hybridized carbons (Fsp3) is 0.750. The van der Waals surface area contributed by atoms with E-state index in [0.29, 0.717) is 12.7 Å². The summed E-state index contributed by atoms with van der Waals surface area (Å²) in [4.78, 5) is 26.8. The summed E-state index contributed by atoms with van der Waals surface area (Å²) >= 11 is 0. The average Bonchev–Trinajstić information content (AvgIpc) is 2.29. The predicted molar refractivity (Wildman–Crippen MR) is 40.1 cm³/mol. The fourth-order valence-electron chi connectivity index (χ4n) is 1.73. The minimum absolute atomic E-state index is 0.0539. The number of nitrogens with zero attached hydrogens (tertiary/aromatic N) is 1. The Morgan fingerprint density at radius 2 is 2.33 bits per heavy atom. The fourth-order valence-corrected chi connectivity index (χ4v) is 1.73. The van der Waals surface area contributed by atoms with Crippen LogP contribution in [0.1, 0.15) is 25.7 Å². The molecule has 4 nitrogen and oxygen atoms in total. The summed E-state index contributed by atoms with van der Waals surface area (Å²) in [6, 6.07) is 0. The van der Waals surface area contributed by atoms with Gasteiger partial charge >= 0.3 is 0 Å². The predicted octanol–water partition coefficient (Wildman–Crippen LogP) is 0.272. The van der Waals surface area contributed by atoms with Gasteiger partial charge in [-0.15, -0.1) is 0 Å². The number of hydrogen-bond acceptors (Lipinski definition) is 3. The highest BCUT2D eigenvalue weighted by Gasteiger charge is 2.48. The maximum atomic E-state index is 11.2. The number of carbonyl (C=O) groups is 2. The smallest absolute Gasteiger partial charge is 0.249 e. The van der Waals surface area contributed by atoms with Crippen molar-refractivity contribution in [2.75, 3.05) is 6.54 Å². The van der Waals surface area contributed by atoms with Crippen LogP contribution in [0.5, 0.6) is 0 Å². The van der Waals surface area contributed by atoms with E-state index in [2.05, 4.69) is 0 Å². The summed E-state index contributed by atoms with van der Waals surface area (Å²) in [7, 11) is 0. The summed E-state index contributed by atoms with van der Waals surface area (Å²) in [5.41, 5.74) is -0.222. The van der Waals surface area contributed by atoms with Gasteiger partial charge in [-0.1, -0.05) is 0 Å². The van der Waals surface area contributed by atoms with Crippen molar-refractivity contribution in [2.24, 2.45) is 0 Å². The zero-order chi connectivity index (χ0) is 8.60. The second-order valence-corrected chi connectivity index (χ2v) is 3.43. The van der Waals surface area contributed by atoms with Crippen molar-refractivity contribution in [3.05, 3.63) is 0 Å². The Balaban J connectivity index is 2.01. The van der Waals surface area contributed by atoms with Gasteiger partial charge in [-0.2, -0.15) is 0 Å². The Labute approximate surface area is 70.4 Å². The van der Waals surface area contributed by atoms with Crippen LogP contribution >= 0.6 is 0 Å². The summed E-state index contributed by atoms with van der Waals surface area (Å²) in [5.74, 6) is -0.0539. The minimum Gasteiger partial charge on any atom is -0.301 e. The van der Waals surface area contributed by atoms with Crippen LogP contribution in [0.25, 0.3) is 0 Å². The van der Waals surface area contributed by atoms with Gasteiger partial charge in [-0.05, 0) is 19.3 Å². The largest absolute Gasteiger partial charge is 0.301 e. The lowest BCUT2D eigenvalue weighted by Gasteiger charge is -2.35. The monoisotopic (exact) mass is 169 g/mol. The Morgan fingerprint density at radius 1 is 1.58 bits per heavy atom. The first kappa shape index (κ1) is 7.73. The van der Waals surface area contributed by atoms with E-state index in [9.17, 15) is 9.59 Å². The molecule has 12 heavy (non-hydrogen) atoms. The molecule has 0 aromatic heterocycles. The highest BCUT2D eigenvalue weighted by Crippen LogP contribution is 2.43. The van der Waals surface area contributed by atoms with Crippen LogP contribution in [0, 0.1) is 0 Å². The summed E-state index contributed by atoms with van der Waals surface area (Å²) in [6.45, 7) is 0.0700. The van der Waals surface area contributed by atoms with E-state index in [0.717, 1.165) is 19.3 Å². The summed E-state index contributed by atoms with van der Waals surface area (Å²) in [6.07, 6.45) is 4.18. The molecule has 1 heterocycles. The molecule has 2 aliphatic rings. The molecular formula is C8H11NO3. The van der Waals surface area contributed by atoms with Crippen molar-refractivity contribution in [3.63, 3.8) is 0 Å². The highest BCUT2D eigenvalue weighted by molar-refractivity contribution is 5.80. The van der Waals surface area contributed by atoms with Gasteiger partial charge in [0.15, 0.2) is 0 Å². The lowest BCUT2D eigenvalue weighted by molar-refractivity contribution is -0.217. The normalized spacial score (nSPS) is 26.0. The van der Waals surface area contributed by atoms with Crippen molar-refractivity contribution in [2.45, 2.75) is 31.3 Å². The quantitative estimate of drug-likeness (QED) is 0.557. The van der Waals surface area contributed by atoms with E-state index in [1.807, 2.05) is 0 Å². The van der Waals surface area contributed by atoms with Gasteiger partial charge in [0.05, 0.1) is 6.42 Å². The summed E-state index contributed by atoms with van der Waals surface area (Å²) < 4.78 is 0. The molecule has 0 aromatic carbocycles. The molecule has 1 aliphatic carbocycles. The van der Waals surface area contributed by atoms with Crippen molar-refractivity contribution in [3.8, 4) is 0 Å². The van der Waals surface area contributed by atoms with Crippen LogP contribution in [0.4, 0.5) is 0 Å². The van der Waals surface area contributed by atoms with Gasteiger partial charge in [-0.3, -0.25) is 9.63 Å².